The van der Waals surface area contributed by atoms with Gasteiger partial charge >= 0.3 is 7.12 Å². The highest BCUT2D eigenvalue weighted by Crippen LogP contribution is 1.94. The fourth-order valence-electron chi connectivity index (χ4n) is 0.548. The third kappa shape index (κ3) is 1.54. The molecule has 0 amide bonds. The molecule has 0 aromatic carbocycles. The second-order valence-corrected chi connectivity index (χ2v) is 2.58. The number of hydrogen-bond donors (Lipinski definition) is 1. The van der Waals surface area contributed by atoms with E-state index < -0.39 is 7.12 Å². The molecule has 2 nitrogen and oxygen atoms in total. The minimum absolute atomic E-state index is 0.745. The zero-order valence-corrected chi connectivity index (χ0v) is 5.89. The van der Waals surface area contributed by atoms with Gasteiger partial charge in [0.15, 0.2) is 0 Å². The van der Waals surface area contributed by atoms with Crippen molar-refractivity contribution >= 4 is 23.2 Å². The highest BCUT2D eigenvalue weighted by Gasteiger charge is 2.13. The Morgan fingerprint density at radius 1 is 1.78 bits per heavy atom. The standard InChI is InChI=1S/C5H7BO2S/c1-8-6(7)5-3-2-4-9-5/h2-4,7H,1H3. The van der Waals surface area contributed by atoms with Crippen molar-refractivity contribution in [3.63, 3.8) is 0 Å². The summed E-state index contributed by atoms with van der Waals surface area (Å²) >= 11 is 1.48. The molecule has 1 heterocycles. The predicted octanol–water partition coefficient (Wildman–Crippen LogP) is 0.0820. The number of hydrogen-bond acceptors (Lipinski definition) is 3. The predicted molar refractivity (Wildman–Crippen MR) is 38.9 cm³/mol. The summed E-state index contributed by atoms with van der Waals surface area (Å²) in [7, 11) is 0.731. The van der Waals surface area contributed by atoms with Gasteiger partial charge in [-0.2, -0.15) is 11.3 Å². The van der Waals surface area contributed by atoms with Gasteiger partial charge in [0.25, 0.3) is 0 Å². The first kappa shape index (κ1) is 6.80. The van der Waals surface area contributed by atoms with Crippen molar-refractivity contribution in [3.8, 4) is 0 Å². The van der Waals surface area contributed by atoms with Gasteiger partial charge in [0, 0.05) is 11.9 Å². The van der Waals surface area contributed by atoms with E-state index in [1.165, 1.54) is 18.4 Å². The Balaban J connectivity index is 2.65. The van der Waals surface area contributed by atoms with Crippen molar-refractivity contribution in [2.45, 2.75) is 0 Å². The molecule has 9 heavy (non-hydrogen) atoms. The molecule has 4 heteroatoms. The second-order valence-electron chi connectivity index (χ2n) is 1.60. The van der Waals surface area contributed by atoms with E-state index in [1.54, 1.807) is 0 Å². The van der Waals surface area contributed by atoms with Crippen LogP contribution >= 0.6 is 11.3 Å². The fraction of sp³-hybridized carbons (Fsp3) is 0.200. The lowest BCUT2D eigenvalue weighted by Gasteiger charge is -1.96. The lowest BCUT2D eigenvalue weighted by atomic mass is 9.89. The Kier molecular flexibility index (Phi) is 2.27. The van der Waals surface area contributed by atoms with Crippen molar-refractivity contribution in [3.05, 3.63) is 17.5 Å². The van der Waals surface area contributed by atoms with Gasteiger partial charge < -0.3 is 9.68 Å². The molecule has 0 saturated heterocycles. The van der Waals surface area contributed by atoms with Gasteiger partial charge in [0.05, 0.1) is 0 Å². The molecule has 0 unspecified atom stereocenters. The SMILES string of the molecule is COB(O)c1cccs1. The van der Waals surface area contributed by atoms with E-state index in [2.05, 4.69) is 4.65 Å². The highest BCUT2D eigenvalue weighted by molar-refractivity contribution is 7.20. The van der Waals surface area contributed by atoms with Gasteiger partial charge in [-0.05, 0) is 5.38 Å². The van der Waals surface area contributed by atoms with Gasteiger partial charge in [-0.15, -0.1) is 0 Å². The fourth-order valence-corrected chi connectivity index (χ4v) is 1.23. The van der Waals surface area contributed by atoms with Gasteiger partial charge in [-0.1, -0.05) is 12.1 Å². The van der Waals surface area contributed by atoms with E-state index in [0.29, 0.717) is 0 Å². The van der Waals surface area contributed by atoms with Crippen molar-refractivity contribution in [2.24, 2.45) is 0 Å². The summed E-state index contributed by atoms with van der Waals surface area (Å²) in [6.07, 6.45) is 0. The maximum absolute atomic E-state index is 9.01. The van der Waals surface area contributed by atoms with Crippen molar-refractivity contribution < 1.29 is 9.68 Å². The summed E-state index contributed by atoms with van der Waals surface area (Å²) < 4.78 is 5.51. The van der Waals surface area contributed by atoms with Crippen LogP contribution in [0.4, 0.5) is 0 Å². The smallest absolute Gasteiger partial charge is 0.423 e. The topological polar surface area (TPSA) is 29.5 Å². The Morgan fingerprint density at radius 3 is 3.00 bits per heavy atom. The number of thiophene rings is 1. The molecule has 0 radical (unpaired) electrons. The molecule has 0 saturated carbocycles. The van der Waals surface area contributed by atoms with Crippen LogP contribution in [0.2, 0.25) is 0 Å². The van der Waals surface area contributed by atoms with Crippen LogP contribution in [0.3, 0.4) is 0 Å². The van der Waals surface area contributed by atoms with E-state index >= 15 is 0 Å². The van der Waals surface area contributed by atoms with Crippen LogP contribution in [-0.4, -0.2) is 19.3 Å². The third-order valence-corrected chi connectivity index (χ3v) is 1.91. The Labute approximate surface area is 58.2 Å². The van der Waals surface area contributed by atoms with Gasteiger partial charge in [-0.25, -0.2) is 0 Å². The largest absolute Gasteiger partial charge is 0.501 e. The molecular formula is C5H7BO2S. The molecule has 0 aliphatic heterocycles. The average Bonchev–Trinajstić information content (AvgIpc) is 2.37. The van der Waals surface area contributed by atoms with Crippen LogP contribution < -0.4 is 4.78 Å². The van der Waals surface area contributed by atoms with Gasteiger partial charge in [0.1, 0.15) is 0 Å². The molecule has 1 aromatic rings. The molecule has 0 aliphatic carbocycles. The molecule has 0 atom stereocenters. The average molecular weight is 142 g/mol. The molecule has 0 bridgehead atoms. The van der Waals surface area contributed by atoms with Crippen molar-refractivity contribution in [2.75, 3.05) is 7.11 Å². The van der Waals surface area contributed by atoms with Crippen LogP contribution in [0.15, 0.2) is 17.5 Å². The van der Waals surface area contributed by atoms with E-state index in [1.807, 2.05) is 17.5 Å². The molecule has 1 N–H and O–H groups in total. The summed E-state index contributed by atoms with van der Waals surface area (Å²) in [5.74, 6) is 0. The number of rotatable bonds is 2. The molecule has 0 aliphatic rings. The summed E-state index contributed by atoms with van der Waals surface area (Å²) in [6.45, 7) is 0. The van der Waals surface area contributed by atoms with Crippen LogP contribution in [0.5, 0.6) is 0 Å². The Morgan fingerprint density at radius 2 is 2.56 bits per heavy atom. The quantitative estimate of drug-likeness (QED) is 0.592. The summed E-state index contributed by atoms with van der Waals surface area (Å²) in [5, 5.41) is 10.9. The zero-order valence-electron chi connectivity index (χ0n) is 5.07. The monoisotopic (exact) mass is 142 g/mol. The second kappa shape index (κ2) is 3.01. The summed E-state index contributed by atoms with van der Waals surface area (Å²) in [5.41, 5.74) is 0. The first-order chi connectivity index (χ1) is 4.34. The molecule has 48 valence electrons. The van der Waals surface area contributed by atoms with E-state index in [0.717, 1.165) is 4.78 Å². The Bertz CT molecular complexity index is 163. The van der Waals surface area contributed by atoms with Crippen LogP contribution in [0, 0.1) is 0 Å². The molecule has 1 rings (SSSR count). The Hall–Kier alpha value is -0.315. The minimum Gasteiger partial charge on any atom is -0.423 e. The van der Waals surface area contributed by atoms with E-state index in [4.69, 9.17) is 5.02 Å². The van der Waals surface area contributed by atoms with Crippen molar-refractivity contribution in [1.29, 1.82) is 0 Å². The van der Waals surface area contributed by atoms with Crippen LogP contribution in [0.1, 0.15) is 0 Å². The maximum Gasteiger partial charge on any atom is 0.501 e. The minimum atomic E-state index is -0.745. The van der Waals surface area contributed by atoms with Crippen LogP contribution in [-0.2, 0) is 4.65 Å². The lowest BCUT2D eigenvalue weighted by molar-refractivity contribution is 0.342. The lowest BCUT2D eigenvalue weighted by Crippen LogP contribution is -2.29. The first-order valence-corrected chi connectivity index (χ1v) is 3.47. The van der Waals surface area contributed by atoms with Crippen LogP contribution in [0.25, 0.3) is 0 Å². The van der Waals surface area contributed by atoms with E-state index in [-0.39, 0.29) is 0 Å². The molecule has 1 aromatic heterocycles. The molecule has 0 spiro atoms. The molecule has 0 fully saturated rings. The van der Waals surface area contributed by atoms with E-state index in [9.17, 15) is 0 Å². The summed E-state index contributed by atoms with van der Waals surface area (Å²) in [4.78, 5) is 0. The normalized spacial score (nSPS) is 9.56. The first-order valence-electron chi connectivity index (χ1n) is 2.59. The highest BCUT2D eigenvalue weighted by atomic mass is 32.1. The van der Waals surface area contributed by atoms with Crippen molar-refractivity contribution in [1.82, 2.24) is 0 Å². The van der Waals surface area contributed by atoms with Gasteiger partial charge in [-0.3, -0.25) is 0 Å². The zero-order chi connectivity index (χ0) is 6.69. The summed E-state index contributed by atoms with van der Waals surface area (Å²) in [6, 6.07) is 3.71. The molecular weight excluding hydrogens is 135 g/mol. The van der Waals surface area contributed by atoms with Gasteiger partial charge in [0.2, 0.25) is 0 Å². The maximum atomic E-state index is 9.01. The third-order valence-electron chi connectivity index (χ3n) is 1.01.